The van der Waals surface area contributed by atoms with Crippen molar-refractivity contribution in [3.8, 4) is 11.8 Å². The number of hydrogen-bond acceptors (Lipinski definition) is 6. The second kappa shape index (κ2) is 9.86. The van der Waals surface area contributed by atoms with Crippen molar-refractivity contribution in [1.29, 1.82) is 5.26 Å². The fourth-order valence-electron chi connectivity index (χ4n) is 4.75. The molecule has 4 rings (SSSR count). The van der Waals surface area contributed by atoms with E-state index in [1.54, 1.807) is 24.1 Å². The number of aromatic nitrogens is 1. The maximum Gasteiger partial charge on any atom is 0.280 e. The van der Waals surface area contributed by atoms with Crippen molar-refractivity contribution >= 4 is 11.7 Å². The van der Waals surface area contributed by atoms with Crippen LogP contribution in [0.25, 0.3) is 0 Å². The molecule has 186 valence electrons. The van der Waals surface area contributed by atoms with Crippen LogP contribution in [0.4, 0.5) is 0 Å². The Labute approximate surface area is 209 Å². The summed E-state index contributed by atoms with van der Waals surface area (Å²) in [5, 5.41) is 11.9. The number of H-pyrrole nitrogens is 1. The van der Waals surface area contributed by atoms with Crippen molar-refractivity contribution in [3.63, 3.8) is 0 Å². The minimum absolute atomic E-state index is 0.0677. The summed E-state index contributed by atoms with van der Waals surface area (Å²) >= 11 is 0. The van der Waals surface area contributed by atoms with Gasteiger partial charge in [-0.2, -0.15) is 10.4 Å². The van der Waals surface area contributed by atoms with Gasteiger partial charge in [-0.1, -0.05) is 39.0 Å². The molecule has 3 aromatic rings. The number of aromatic amines is 1. The molecule has 0 saturated heterocycles. The summed E-state index contributed by atoms with van der Waals surface area (Å²) in [6.45, 7) is 6.46. The average Bonchev–Trinajstić information content (AvgIpc) is 3.26. The molecule has 1 N–H and O–H groups in total. The highest BCUT2D eigenvalue weighted by Gasteiger charge is 2.36. The normalized spacial score (nSPS) is 15.2. The van der Waals surface area contributed by atoms with E-state index in [1.165, 1.54) is 6.07 Å². The number of methoxy groups -OCH3 is 1. The first-order valence-electron chi connectivity index (χ1n) is 11.8. The first-order chi connectivity index (χ1) is 17.1. The maximum absolute atomic E-state index is 13.7. The zero-order valence-electron chi connectivity index (χ0n) is 20.9. The van der Waals surface area contributed by atoms with Gasteiger partial charge in [-0.05, 0) is 52.3 Å². The smallest absolute Gasteiger partial charge is 0.280 e. The third-order valence-corrected chi connectivity index (χ3v) is 6.49. The number of carbonyl (C=O) groups excluding carboxylic acids is 2. The number of nitriles is 1. The summed E-state index contributed by atoms with van der Waals surface area (Å²) in [7, 11) is 1.59. The monoisotopic (exact) mass is 487 g/mol. The molecule has 36 heavy (non-hydrogen) atoms. The molecule has 0 fully saturated rings. The van der Waals surface area contributed by atoms with Crippen LogP contribution in [0, 0.1) is 11.3 Å². The number of hydrogen-bond donors (Lipinski definition) is 1. The Bertz CT molecular complexity index is 1400. The first-order valence-corrected chi connectivity index (χ1v) is 11.8. The SMILES string of the molecule is COc1ccc2c(c1)CCN(C(=O)Cc1cc(=O)[nH]o1)C2C(=O)Cc1ccc(C(C)(C)C)c(C#N)c1. The molecule has 0 aliphatic carbocycles. The number of amides is 1. The zero-order valence-corrected chi connectivity index (χ0v) is 20.9. The van der Waals surface area contributed by atoms with Gasteiger partial charge in [0.15, 0.2) is 5.78 Å². The topological polar surface area (TPSA) is 116 Å². The highest BCUT2D eigenvalue weighted by Crippen LogP contribution is 2.34. The number of ether oxygens (including phenoxy) is 1. The Morgan fingerprint density at radius 1 is 1.17 bits per heavy atom. The van der Waals surface area contributed by atoms with E-state index in [0.717, 1.165) is 16.7 Å². The summed E-state index contributed by atoms with van der Waals surface area (Å²) in [6, 6.07) is 13.7. The molecule has 1 aromatic heterocycles. The van der Waals surface area contributed by atoms with Gasteiger partial charge < -0.3 is 14.2 Å². The van der Waals surface area contributed by atoms with Crippen LogP contribution in [-0.2, 0) is 34.3 Å². The Morgan fingerprint density at radius 2 is 1.94 bits per heavy atom. The first kappa shape index (κ1) is 25.0. The second-order valence-electron chi connectivity index (χ2n) is 10.0. The molecular weight excluding hydrogens is 458 g/mol. The molecule has 8 nitrogen and oxygen atoms in total. The number of benzene rings is 2. The quantitative estimate of drug-likeness (QED) is 0.568. The number of rotatable bonds is 6. The number of nitrogens with one attached hydrogen (secondary N) is 1. The van der Waals surface area contributed by atoms with Crippen molar-refractivity contribution in [3.05, 3.63) is 86.4 Å². The number of carbonyl (C=O) groups is 2. The Kier molecular flexibility index (Phi) is 6.84. The van der Waals surface area contributed by atoms with Gasteiger partial charge in [0.05, 0.1) is 25.2 Å². The van der Waals surface area contributed by atoms with Crippen LogP contribution in [0.5, 0.6) is 5.75 Å². The fraction of sp³-hybridized carbons (Fsp3) is 0.357. The molecule has 8 heteroatoms. The minimum Gasteiger partial charge on any atom is -0.497 e. The molecule has 0 radical (unpaired) electrons. The van der Waals surface area contributed by atoms with Gasteiger partial charge in [-0.3, -0.25) is 14.4 Å². The lowest BCUT2D eigenvalue weighted by Gasteiger charge is -2.36. The van der Waals surface area contributed by atoms with Crippen molar-refractivity contribution in [2.45, 2.75) is 51.5 Å². The van der Waals surface area contributed by atoms with E-state index in [4.69, 9.17) is 9.26 Å². The highest BCUT2D eigenvalue weighted by atomic mass is 16.5. The molecule has 0 spiro atoms. The molecule has 2 aromatic carbocycles. The van der Waals surface area contributed by atoms with Crippen LogP contribution in [0.2, 0.25) is 0 Å². The molecule has 1 amide bonds. The Morgan fingerprint density at radius 3 is 2.58 bits per heavy atom. The largest absolute Gasteiger partial charge is 0.497 e. The van der Waals surface area contributed by atoms with Gasteiger partial charge in [0, 0.05) is 19.0 Å². The molecule has 0 saturated carbocycles. The van der Waals surface area contributed by atoms with Crippen LogP contribution >= 0.6 is 0 Å². The van der Waals surface area contributed by atoms with E-state index in [-0.39, 0.29) is 35.7 Å². The lowest BCUT2D eigenvalue weighted by atomic mass is 9.82. The van der Waals surface area contributed by atoms with Crippen LogP contribution in [0.3, 0.4) is 0 Å². The van der Waals surface area contributed by atoms with Gasteiger partial charge >= 0.3 is 0 Å². The van der Waals surface area contributed by atoms with Crippen LogP contribution in [-0.4, -0.2) is 35.4 Å². The number of Topliss-reactive ketones (excluding diaryl/α,β-unsaturated/α-hetero) is 1. The zero-order chi connectivity index (χ0) is 26.0. The summed E-state index contributed by atoms with van der Waals surface area (Å²) in [5.74, 6) is 0.439. The van der Waals surface area contributed by atoms with E-state index >= 15 is 0 Å². The third kappa shape index (κ3) is 5.10. The lowest BCUT2D eigenvalue weighted by molar-refractivity contribution is -0.140. The van der Waals surface area contributed by atoms with Crippen molar-refractivity contribution in [2.24, 2.45) is 0 Å². The number of ketones is 1. The van der Waals surface area contributed by atoms with Crippen LogP contribution in [0.15, 0.2) is 51.8 Å². The Hall–Kier alpha value is -4.12. The van der Waals surface area contributed by atoms with Gasteiger partial charge in [0.25, 0.3) is 5.56 Å². The summed E-state index contributed by atoms with van der Waals surface area (Å²) in [5.41, 5.74) is 3.25. The second-order valence-corrected chi connectivity index (χ2v) is 10.0. The van der Waals surface area contributed by atoms with E-state index in [1.807, 2.05) is 45.0 Å². The highest BCUT2D eigenvalue weighted by molar-refractivity contribution is 5.92. The molecule has 2 heterocycles. The minimum atomic E-state index is -0.800. The molecule has 1 aliphatic rings. The number of nitrogens with zero attached hydrogens (tertiary/aromatic N) is 2. The van der Waals surface area contributed by atoms with Crippen LogP contribution in [0.1, 0.15) is 60.4 Å². The van der Waals surface area contributed by atoms with Gasteiger partial charge in [-0.15, -0.1) is 0 Å². The molecule has 1 aliphatic heterocycles. The summed E-state index contributed by atoms with van der Waals surface area (Å²) in [6.07, 6.45) is 0.503. The molecular formula is C28H29N3O5. The van der Waals surface area contributed by atoms with Crippen molar-refractivity contribution < 1.29 is 18.8 Å². The summed E-state index contributed by atoms with van der Waals surface area (Å²) < 4.78 is 10.4. The van der Waals surface area contributed by atoms with Gasteiger partial charge in [-0.25, -0.2) is 0 Å². The van der Waals surface area contributed by atoms with Gasteiger partial charge in [0.2, 0.25) is 5.91 Å². The predicted molar refractivity (Wildman–Crippen MR) is 133 cm³/mol. The predicted octanol–water partition coefficient (Wildman–Crippen LogP) is 3.63. The maximum atomic E-state index is 13.7. The third-order valence-electron chi connectivity index (χ3n) is 6.49. The van der Waals surface area contributed by atoms with Crippen molar-refractivity contribution in [1.82, 2.24) is 10.1 Å². The van der Waals surface area contributed by atoms with E-state index in [0.29, 0.717) is 29.8 Å². The van der Waals surface area contributed by atoms with E-state index in [2.05, 4.69) is 11.2 Å². The molecule has 1 unspecified atom stereocenters. The van der Waals surface area contributed by atoms with E-state index < -0.39 is 11.6 Å². The standard InChI is InChI=1S/C28H29N3O5/c1-28(2,3)23-8-5-17(11-19(23)16-29)12-24(32)27-22-7-6-20(35-4)13-18(22)9-10-31(27)26(34)15-21-14-25(33)30-36-21/h5-8,11,13-14,27H,9-10,12,15H2,1-4H3,(H,30,33). The fourth-order valence-corrected chi connectivity index (χ4v) is 4.75. The lowest BCUT2D eigenvalue weighted by Crippen LogP contribution is -2.44. The van der Waals surface area contributed by atoms with Crippen molar-refractivity contribution in [2.75, 3.05) is 13.7 Å². The van der Waals surface area contributed by atoms with Gasteiger partial charge in [0.1, 0.15) is 17.6 Å². The molecule has 1 atom stereocenters. The van der Waals surface area contributed by atoms with E-state index in [9.17, 15) is 19.6 Å². The summed E-state index contributed by atoms with van der Waals surface area (Å²) in [4.78, 5) is 40.0. The van der Waals surface area contributed by atoms with Crippen LogP contribution < -0.4 is 10.3 Å². The molecule has 0 bridgehead atoms. The Balaban J connectivity index is 1.67. The number of fused-ring (bicyclic) bond motifs is 1. The average molecular weight is 488 g/mol.